The number of carbonyl (C=O) groups is 1. The van der Waals surface area contributed by atoms with Gasteiger partial charge in [0.1, 0.15) is 5.54 Å². The number of esters is 1. The normalized spacial score (nSPS) is 14.6. The van der Waals surface area contributed by atoms with E-state index in [2.05, 4.69) is 13.8 Å². The van der Waals surface area contributed by atoms with Gasteiger partial charge in [-0.1, -0.05) is 13.8 Å². The van der Waals surface area contributed by atoms with E-state index in [9.17, 15) is 4.79 Å². The summed E-state index contributed by atoms with van der Waals surface area (Å²) in [6.07, 6.45) is 3.66. The van der Waals surface area contributed by atoms with E-state index in [4.69, 9.17) is 15.2 Å². The van der Waals surface area contributed by atoms with Gasteiger partial charge in [0, 0.05) is 13.2 Å². The van der Waals surface area contributed by atoms with Crippen molar-refractivity contribution in [2.24, 2.45) is 11.7 Å². The van der Waals surface area contributed by atoms with E-state index in [1.165, 1.54) is 6.42 Å². The van der Waals surface area contributed by atoms with E-state index in [1.54, 1.807) is 13.8 Å². The highest BCUT2D eigenvalue weighted by atomic mass is 16.5. The fourth-order valence-electron chi connectivity index (χ4n) is 1.64. The van der Waals surface area contributed by atoms with Crippen LogP contribution in [0.3, 0.4) is 0 Å². The fourth-order valence-corrected chi connectivity index (χ4v) is 1.64. The molecule has 108 valence electrons. The maximum absolute atomic E-state index is 11.5. The molecule has 0 aliphatic carbocycles. The number of rotatable bonds is 10. The van der Waals surface area contributed by atoms with Gasteiger partial charge in [0.2, 0.25) is 0 Å². The Balaban J connectivity index is 3.55. The van der Waals surface area contributed by atoms with Gasteiger partial charge in [-0.2, -0.15) is 0 Å². The summed E-state index contributed by atoms with van der Waals surface area (Å²) >= 11 is 0. The molecule has 0 rings (SSSR count). The average molecular weight is 259 g/mol. The molecule has 0 amide bonds. The molecule has 18 heavy (non-hydrogen) atoms. The number of nitrogens with two attached hydrogens (primary N) is 1. The molecular weight excluding hydrogens is 230 g/mol. The predicted octanol–water partition coefficient (Wildman–Crippen LogP) is 2.50. The third-order valence-corrected chi connectivity index (χ3v) is 2.80. The van der Waals surface area contributed by atoms with Crippen molar-refractivity contribution in [2.75, 3.05) is 19.8 Å². The molecule has 0 saturated carbocycles. The molecule has 0 aromatic heterocycles. The highest BCUT2D eigenvalue weighted by Crippen LogP contribution is 2.11. The molecule has 1 unspecified atom stereocenters. The lowest BCUT2D eigenvalue weighted by Crippen LogP contribution is -2.46. The van der Waals surface area contributed by atoms with E-state index >= 15 is 0 Å². The molecule has 0 aromatic carbocycles. The summed E-state index contributed by atoms with van der Waals surface area (Å²) in [5.74, 6) is 0.398. The largest absolute Gasteiger partial charge is 0.465 e. The first-order chi connectivity index (χ1) is 8.40. The average Bonchev–Trinajstić information content (AvgIpc) is 2.27. The third kappa shape index (κ3) is 8.48. The topological polar surface area (TPSA) is 61.5 Å². The van der Waals surface area contributed by atoms with Gasteiger partial charge in [0.15, 0.2) is 0 Å². The number of hydrogen-bond donors (Lipinski definition) is 1. The Morgan fingerprint density at radius 1 is 1.28 bits per heavy atom. The lowest BCUT2D eigenvalue weighted by Gasteiger charge is -2.21. The number of ether oxygens (including phenoxy) is 2. The van der Waals surface area contributed by atoms with Crippen LogP contribution in [0.15, 0.2) is 0 Å². The molecule has 0 radical (unpaired) electrons. The minimum atomic E-state index is -0.892. The lowest BCUT2D eigenvalue weighted by atomic mass is 9.98. The van der Waals surface area contributed by atoms with Crippen molar-refractivity contribution in [1.82, 2.24) is 0 Å². The van der Waals surface area contributed by atoms with Crippen LogP contribution < -0.4 is 5.73 Å². The first-order valence-corrected chi connectivity index (χ1v) is 6.94. The first kappa shape index (κ1) is 17.4. The van der Waals surface area contributed by atoms with Crippen LogP contribution in [0, 0.1) is 5.92 Å². The summed E-state index contributed by atoms with van der Waals surface area (Å²) in [6.45, 7) is 9.73. The zero-order valence-corrected chi connectivity index (χ0v) is 12.3. The van der Waals surface area contributed by atoms with Gasteiger partial charge in [-0.3, -0.25) is 4.79 Å². The van der Waals surface area contributed by atoms with Gasteiger partial charge in [-0.25, -0.2) is 0 Å². The molecule has 0 aromatic rings. The maximum Gasteiger partial charge on any atom is 0.325 e. The summed E-state index contributed by atoms with van der Waals surface area (Å²) in [5.41, 5.74) is 5.01. The zero-order chi connectivity index (χ0) is 14.0. The van der Waals surface area contributed by atoms with Crippen molar-refractivity contribution in [1.29, 1.82) is 0 Å². The quantitative estimate of drug-likeness (QED) is 0.483. The van der Waals surface area contributed by atoms with Crippen LogP contribution in [0.25, 0.3) is 0 Å². The Morgan fingerprint density at radius 3 is 2.44 bits per heavy atom. The fraction of sp³-hybridized carbons (Fsp3) is 0.929. The Labute approximate surface area is 111 Å². The Hall–Kier alpha value is -0.610. The van der Waals surface area contributed by atoms with Crippen LogP contribution in [-0.2, 0) is 14.3 Å². The first-order valence-electron chi connectivity index (χ1n) is 6.94. The minimum Gasteiger partial charge on any atom is -0.465 e. The van der Waals surface area contributed by atoms with Crippen molar-refractivity contribution >= 4 is 5.97 Å². The van der Waals surface area contributed by atoms with Crippen LogP contribution in [0.1, 0.15) is 53.4 Å². The number of carbonyl (C=O) groups excluding carboxylic acids is 1. The van der Waals surface area contributed by atoms with Gasteiger partial charge in [-0.05, 0) is 45.4 Å². The molecule has 0 fully saturated rings. The lowest BCUT2D eigenvalue weighted by molar-refractivity contribution is -0.149. The molecule has 1 atom stereocenters. The molecule has 4 heteroatoms. The van der Waals surface area contributed by atoms with Crippen molar-refractivity contribution in [2.45, 2.75) is 58.9 Å². The van der Waals surface area contributed by atoms with E-state index in [1.807, 2.05) is 0 Å². The minimum absolute atomic E-state index is 0.329. The van der Waals surface area contributed by atoms with E-state index in [-0.39, 0.29) is 5.97 Å². The second-order valence-corrected chi connectivity index (χ2v) is 5.39. The second-order valence-electron chi connectivity index (χ2n) is 5.39. The Bertz CT molecular complexity index is 227. The smallest absolute Gasteiger partial charge is 0.325 e. The monoisotopic (exact) mass is 259 g/mol. The molecule has 0 spiro atoms. The van der Waals surface area contributed by atoms with Crippen molar-refractivity contribution in [3.05, 3.63) is 0 Å². The highest BCUT2D eigenvalue weighted by Gasteiger charge is 2.29. The van der Waals surface area contributed by atoms with Crippen molar-refractivity contribution in [3.63, 3.8) is 0 Å². The molecule has 0 bridgehead atoms. The molecular formula is C14H29NO3. The molecule has 4 nitrogen and oxygen atoms in total. The molecule has 0 heterocycles. The molecule has 0 aliphatic rings. The zero-order valence-electron chi connectivity index (χ0n) is 12.3. The van der Waals surface area contributed by atoms with E-state index in [0.717, 1.165) is 25.4 Å². The standard InChI is InChI=1S/C14H29NO3/c1-5-18-13(16)14(4,15)9-7-11-17-10-6-8-12(2)3/h12H,5-11,15H2,1-4H3. The third-order valence-electron chi connectivity index (χ3n) is 2.80. The summed E-state index contributed by atoms with van der Waals surface area (Å²) in [6, 6.07) is 0. The Morgan fingerprint density at radius 2 is 1.89 bits per heavy atom. The highest BCUT2D eigenvalue weighted by molar-refractivity contribution is 5.79. The maximum atomic E-state index is 11.5. The summed E-state index contributed by atoms with van der Waals surface area (Å²) in [5, 5.41) is 0. The molecule has 2 N–H and O–H groups in total. The predicted molar refractivity (Wildman–Crippen MR) is 73.4 cm³/mol. The van der Waals surface area contributed by atoms with Gasteiger partial charge in [-0.15, -0.1) is 0 Å². The molecule has 0 saturated heterocycles. The van der Waals surface area contributed by atoms with Crippen LogP contribution in [0.5, 0.6) is 0 Å². The van der Waals surface area contributed by atoms with E-state index in [0.29, 0.717) is 19.6 Å². The van der Waals surface area contributed by atoms with Crippen LogP contribution in [0.2, 0.25) is 0 Å². The number of hydrogen-bond acceptors (Lipinski definition) is 4. The van der Waals surface area contributed by atoms with Crippen LogP contribution in [0.4, 0.5) is 0 Å². The summed E-state index contributed by atoms with van der Waals surface area (Å²) < 4.78 is 10.4. The Kier molecular flexibility index (Phi) is 9.02. The summed E-state index contributed by atoms with van der Waals surface area (Å²) in [7, 11) is 0. The van der Waals surface area contributed by atoms with Gasteiger partial charge >= 0.3 is 5.97 Å². The van der Waals surface area contributed by atoms with Gasteiger partial charge in [0.05, 0.1) is 6.61 Å². The van der Waals surface area contributed by atoms with Gasteiger partial charge in [0.25, 0.3) is 0 Å². The van der Waals surface area contributed by atoms with Crippen molar-refractivity contribution in [3.8, 4) is 0 Å². The van der Waals surface area contributed by atoms with Crippen molar-refractivity contribution < 1.29 is 14.3 Å². The van der Waals surface area contributed by atoms with E-state index < -0.39 is 5.54 Å². The van der Waals surface area contributed by atoms with Crippen LogP contribution >= 0.6 is 0 Å². The SMILES string of the molecule is CCOC(=O)C(C)(N)CCCOCCCC(C)C. The second kappa shape index (κ2) is 9.34. The summed E-state index contributed by atoms with van der Waals surface area (Å²) in [4.78, 5) is 11.5. The van der Waals surface area contributed by atoms with Gasteiger partial charge < -0.3 is 15.2 Å². The van der Waals surface area contributed by atoms with Crippen LogP contribution in [-0.4, -0.2) is 31.3 Å². The molecule has 0 aliphatic heterocycles.